The lowest BCUT2D eigenvalue weighted by atomic mass is 9.80. The summed E-state index contributed by atoms with van der Waals surface area (Å²) in [5.41, 5.74) is 1.72. The third-order valence-corrected chi connectivity index (χ3v) is 5.57. The SMILES string of the molecule is C=C1C[C@@H]2OC(=O)[C@H](C[NH+](CC)CC)[C@@H]2[C@H](O)/C=C(\C)CC[C@@H]1O. The molecule has 0 bridgehead atoms. The van der Waals surface area contributed by atoms with Crippen LogP contribution in [-0.2, 0) is 9.53 Å². The van der Waals surface area contributed by atoms with E-state index in [9.17, 15) is 15.0 Å². The van der Waals surface area contributed by atoms with Gasteiger partial charge < -0.3 is 19.8 Å². The lowest BCUT2D eigenvalue weighted by Gasteiger charge is -2.28. The molecule has 0 unspecified atom stereocenters. The zero-order valence-electron chi connectivity index (χ0n) is 15.1. The number of quaternary nitrogens is 1. The van der Waals surface area contributed by atoms with Crippen LogP contribution in [0.4, 0.5) is 0 Å². The van der Waals surface area contributed by atoms with Crippen LogP contribution in [0.1, 0.15) is 40.0 Å². The molecule has 1 saturated heterocycles. The molecule has 0 saturated carbocycles. The molecule has 5 nitrogen and oxygen atoms in total. The highest BCUT2D eigenvalue weighted by molar-refractivity contribution is 5.75. The Balaban J connectivity index is 2.29. The number of hydrogen-bond donors (Lipinski definition) is 3. The summed E-state index contributed by atoms with van der Waals surface area (Å²) >= 11 is 0. The Morgan fingerprint density at radius 1 is 1.33 bits per heavy atom. The van der Waals surface area contributed by atoms with Crippen molar-refractivity contribution in [2.75, 3.05) is 19.6 Å². The molecule has 2 rings (SSSR count). The molecule has 0 aromatic rings. The summed E-state index contributed by atoms with van der Waals surface area (Å²) in [6.45, 7) is 12.7. The molecule has 0 radical (unpaired) electrons. The smallest absolute Gasteiger partial charge is 0.315 e. The van der Waals surface area contributed by atoms with Crippen LogP contribution in [0.5, 0.6) is 0 Å². The van der Waals surface area contributed by atoms with Gasteiger partial charge in [-0.2, -0.15) is 0 Å². The minimum Gasteiger partial charge on any atom is -0.461 e. The van der Waals surface area contributed by atoms with Crippen LogP contribution >= 0.6 is 0 Å². The van der Waals surface area contributed by atoms with Crippen molar-refractivity contribution in [3.05, 3.63) is 23.8 Å². The number of hydrogen-bond acceptors (Lipinski definition) is 4. The number of esters is 1. The predicted octanol–water partition coefficient (Wildman–Crippen LogP) is 0.477. The van der Waals surface area contributed by atoms with Crippen LogP contribution in [-0.4, -0.2) is 54.1 Å². The summed E-state index contributed by atoms with van der Waals surface area (Å²) in [5.74, 6) is -0.813. The van der Waals surface area contributed by atoms with E-state index in [-0.39, 0.29) is 17.8 Å². The van der Waals surface area contributed by atoms with Crippen molar-refractivity contribution in [3.8, 4) is 0 Å². The monoisotopic (exact) mass is 338 g/mol. The van der Waals surface area contributed by atoms with Gasteiger partial charge in [0, 0.05) is 12.3 Å². The largest absolute Gasteiger partial charge is 0.461 e. The van der Waals surface area contributed by atoms with Crippen molar-refractivity contribution in [1.82, 2.24) is 0 Å². The molecule has 0 aromatic heterocycles. The van der Waals surface area contributed by atoms with E-state index in [4.69, 9.17) is 4.74 Å². The molecule has 2 aliphatic rings. The fourth-order valence-corrected chi connectivity index (χ4v) is 3.89. The van der Waals surface area contributed by atoms with E-state index in [1.807, 2.05) is 13.0 Å². The molecule has 0 spiro atoms. The van der Waals surface area contributed by atoms with Crippen molar-refractivity contribution in [2.45, 2.75) is 58.3 Å². The van der Waals surface area contributed by atoms with Crippen LogP contribution in [0.25, 0.3) is 0 Å². The van der Waals surface area contributed by atoms with Crippen molar-refractivity contribution >= 4 is 5.97 Å². The second-order valence-electron chi connectivity index (χ2n) is 7.24. The number of ether oxygens (including phenoxy) is 1. The van der Waals surface area contributed by atoms with Gasteiger partial charge in [-0.1, -0.05) is 18.2 Å². The van der Waals surface area contributed by atoms with Gasteiger partial charge in [0.25, 0.3) is 0 Å². The van der Waals surface area contributed by atoms with Crippen molar-refractivity contribution < 1.29 is 24.6 Å². The maximum atomic E-state index is 12.5. The highest BCUT2D eigenvalue weighted by Crippen LogP contribution is 2.36. The lowest BCUT2D eigenvalue weighted by molar-refractivity contribution is -0.899. The van der Waals surface area contributed by atoms with Crippen molar-refractivity contribution in [3.63, 3.8) is 0 Å². The van der Waals surface area contributed by atoms with Gasteiger partial charge in [0.15, 0.2) is 0 Å². The standard InChI is InChI=1S/C19H31NO4/c1-5-20(6-2)11-14-18-16(22)9-12(3)7-8-15(21)13(4)10-17(18)24-19(14)23/h9,14-18,21-22H,4-8,10-11H2,1-3H3/p+1/b12-9+/t14-,15+,16-,17+,18-/m1/s1. The Morgan fingerprint density at radius 2 is 2.00 bits per heavy atom. The number of carbonyl (C=O) groups excluding carboxylic acids is 1. The molecule has 1 heterocycles. The number of rotatable bonds is 4. The molecule has 5 atom stereocenters. The summed E-state index contributed by atoms with van der Waals surface area (Å²) < 4.78 is 5.61. The van der Waals surface area contributed by atoms with E-state index >= 15 is 0 Å². The van der Waals surface area contributed by atoms with Gasteiger partial charge >= 0.3 is 5.97 Å². The van der Waals surface area contributed by atoms with E-state index < -0.39 is 18.3 Å². The second kappa shape index (κ2) is 8.28. The third-order valence-electron chi connectivity index (χ3n) is 5.57. The molecular formula is C19H32NO4+. The topological polar surface area (TPSA) is 71.2 Å². The Labute approximate surface area is 145 Å². The fourth-order valence-electron chi connectivity index (χ4n) is 3.89. The summed E-state index contributed by atoms with van der Waals surface area (Å²) in [6.07, 6.45) is 1.87. The van der Waals surface area contributed by atoms with E-state index in [1.165, 1.54) is 4.90 Å². The summed E-state index contributed by atoms with van der Waals surface area (Å²) in [6, 6.07) is 0. The summed E-state index contributed by atoms with van der Waals surface area (Å²) in [4.78, 5) is 13.8. The zero-order valence-corrected chi connectivity index (χ0v) is 15.1. The van der Waals surface area contributed by atoms with E-state index in [0.717, 1.165) is 25.1 Å². The van der Waals surface area contributed by atoms with Crippen molar-refractivity contribution in [1.29, 1.82) is 0 Å². The summed E-state index contributed by atoms with van der Waals surface area (Å²) in [7, 11) is 0. The Bertz CT molecular complexity index is 498. The van der Waals surface area contributed by atoms with Crippen molar-refractivity contribution in [2.24, 2.45) is 11.8 Å². The second-order valence-corrected chi connectivity index (χ2v) is 7.24. The first-order chi connectivity index (χ1) is 11.4. The highest BCUT2D eigenvalue weighted by Gasteiger charge is 2.49. The van der Waals surface area contributed by atoms with Gasteiger partial charge in [-0.25, -0.2) is 0 Å². The van der Waals surface area contributed by atoms with E-state index in [0.29, 0.717) is 25.0 Å². The van der Waals surface area contributed by atoms with Gasteiger partial charge in [-0.05, 0) is 39.2 Å². The van der Waals surface area contributed by atoms with Gasteiger partial charge in [-0.3, -0.25) is 4.79 Å². The average molecular weight is 338 g/mol. The molecule has 1 aliphatic heterocycles. The van der Waals surface area contributed by atoms with E-state index in [2.05, 4.69) is 20.4 Å². The minimum absolute atomic E-state index is 0.226. The minimum atomic E-state index is -0.704. The highest BCUT2D eigenvalue weighted by atomic mass is 16.6. The van der Waals surface area contributed by atoms with Crippen LogP contribution in [0.15, 0.2) is 23.8 Å². The Morgan fingerprint density at radius 3 is 2.62 bits per heavy atom. The first-order valence-corrected chi connectivity index (χ1v) is 9.12. The quantitative estimate of drug-likeness (QED) is 0.515. The maximum absolute atomic E-state index is 12.5. The molecule has 5 heteroatoms. The van der Waals surface area contributed by atoms with Gasteiger partial charge in [0.1, 0.15) is 12.0 Å². The zero-order chi connectivity index (χ0) is 17.9. The predicted molar refractivity (Wildman–Crippen MR) is 92.5 cm³/mol. The number of allylic oxidation sites excluding steroid dienone is 1. The first kappa shape index (κ1) is 19.2. The molecule has 1 fully saturated rings. The third kappa shape index (κ3) is 4.26. The number of nitrogens with one attached hydrogen (secondary N) is 1. The molecule has 136 valence electrons. The molecule has 0 aromatic carbocycles. The van der Waals surface area contributed by atoms with Gasteiger partial charge in [0.2, 0.25) is 0 Å². The van der Waals surface area contributed by atoms with E-state index in [1.54, 1.807) is 0 Å². The summed E-state index contributed by atoms with van der Waals surface area (Å²) in [5, 5.41) is 21.0. The number of fused-ring (bicyclic) bond motifs is 1. The van der Waals surface area contributed by atoms with Crippen LogP contribution in [0, 0.1) is 11.8 Å². The molecule has 1 aliphatic carbocycles. The maximum Gasteiger partial charge on any atom is 0.315 e. The number of aliphatic hydroxyl groups excluding tert-OH is 2. The van der Waals surface area contributed by atoms with Gasteiger partial charge in [-0.15, -0.1) is 0 Å². The Kier molecular flexibility index (Phi) is 6.61. The first-order valence-electron chi connectivity index (χ1n) is 9.12. The molecule has 3 N–H and O–H groups in total. The molecule has 24 heavy (non-hydrogen) atoms. The number of aliphatic hydroxyl groups is 2. The van der Waals surface area contributed by atoms with Gasteiger partial charge in [0.05, 0.1) is 31.8 Å². The number of carbonyl (C=O) groups is 1. The van der Waals surface area contributed by atoms with Crippen LogP contribution in [0.3, 0.4) is 0 Å². The Hall–Kier alpha value is -1.17. The fraction of sp³-hybridized carbons (Fsp3) is 0.737. The normalized spacial score (nSPS) is 36.9. The molecule has 0 amide bonds. The molecular weight excluding hydrogens is 306 g/mol. The van der Waals surface area contributed by atoms with Crippen LogP contribution < -0.4 is 4.90 Å². The van der Waals surface area contributed by atoms with Crippen LogP contribution in [0.2, 0.25) is 0 Å². The lowest BCUT2D eigenvalue weighted by Crippen LogP contribution is -3.12. The average Bonchev–Trinajstić information content (AvgIpc) is 2.84.